The standard InChI is InChI=1S/C6H6O.5CN.Fe.NO/c7-6-4-2-1-3-5-6;5*1-2;;1-2/h1-5,7H;;;;;;;/q;5*-1;+4;-1. The third kappa shape index (κ3) is 128. The molecule has 0 bridgehead atoms. The Balaban J connectivity index is -0.0000000227. The van der Waals surface area contributed by atoms with Crippen molar-refractivity contribution in [2.75, 3.05) is 0 Å². The number of nitroso groups, excluding NO2 is 1. The van der Waals surface area contributed by atoms with Gasteiger partial charge < -0.3 is 74.8 Å². The second kappa shape index (κ2) is 158. The largest absolute Gasteiger partial charge is 4.00 e. The maximum Gasteiger partial charge on any atom is 4.00 e. The van der Waals surface area contributed by atoms with Crippen molar-refractivity contribution in [1.82, 2.24) is 0 Å². The number of aromatic hydroxyl groups is 1. The molecule has 20 heavy (non-hydrogen) atoms. The molecule has 0 unspecified atom stereocenters. The van der Waals surface area contributed by atoms with Crippen molar-refractivity contribution >= 4 is 0 Å². The molecular formula is C11H6FeN6O2-2. The van der Waals surface area contributed by atoms with Crippen molar-refractivity contribution in [3.05, 3.63) is 73.7 Å². The zero-order chi connectivity index (χ0) is 17.1. The van der Waals surface area contributed by atoms with Crippen molar-refractivity contribution in [3.8, 4) is 5.75 Å². The van der Waals surface area contributed by atoms with E-state index in [-0.39, 0.29) is 17.1 Å². The van der Waals surface area contributed by atoms with E-state index in [2.05, 4.69) is 0 Å². The monoisotopic (exact) mass is 310 g/mol. The molecule has 8 nitrogen and oxygen atoms in total. The quantitative estimate of drug-likeness (QED) is 0.563. The molecule has 0 heterocycles. The van der Waals surface area contributed by atoms with E-state index in [1.54, 1.807) is 24.3 Å². The number of rotatable bonds is 0. The number of benzene rings is 1. The first kappa shape index (κ1) is 43.8. The fourth-order valence-electron chi connectivity index (χ4n) is 0.428. The van der Waals surface area contributed by atoms with E-state index < -0.39 is 0 Å². The average Bonchev–Trinajstić information content (AvgIpc) is 2.59. The number of hydrogen-bond donors (Lipinski definition) is 1. The molecule has 1 aromatic rings. The van der Waals surface area contributed by atoms with Crippen LogP contribution >= 0.6 is 0 Å². The van der Waals surface area contributed by atoms with Crippen LogP contribution in [0.3, 0.4) is 0 Å². The molecule has 0 amide bonds. The summed E-state index contributed by atoms with van der Waals surface area (Å²) in [7, 11) is 0. The van der Waals surface area contributed by atoms with Crippen molar-refractivity contribution in [2.24, 2.45) is 0 Å². The van der Waals surface area contributed by atoms with Gasteiger partial charge >= 0.3 is 17.1 Å². The molecule has 102 valence electrons. The van der Waals surface area contributed by atoms with Gasteiger partial charge in [0, 0.05) is 0 Å². The Bertz CT molecular complexity index is 299. The molecule has 1 aromatic carbocycles. The number of nitrogens with zero attached hydrogens (tertiary/aromatic N) is 6. The van der Waals surface area contributed by atoms with E-state index in [9.17, 15) is 0 Å². The van der Waals surface area contributed by atoms with E-state index in [0.717, 1.165) is 0 Å². The predicted molar refractivity (Wildman–Crippen MR) is 59.7 cm³/mol. The molecule has 0 radical (unpaired) electrons. The molecule has 0 saturated carbocycles. The molecule has 0 aliphatic rings. The summed E-state index contributed by atoms with van der Waals surface area (Å²) in [5.41, 5.74) is 5.75. The Morgan fingerprint density at radius 3 is 1.00 bits per heavy atom. The fraction of sp³-hybridized carbons (Fsp3) is 0. The van der Waals surface area contributed by atoms with Crippen LogP contribution < -0.4 is 0 Å². The first-order valence-corrected chi connectivity index (χ1v) is 3.43. The number of para-hydroxylation sites is 1. The zero-order valence-electron chi connectivity index (χ0n) is 9.78. The summed E-state index contributed by atoms with van der Waals surface area (Å²) < 4.78 is 0. The van der Waals surface area contributed by atoms with Crippen LogP contribution in [0.2, 0.25) is 0 Å². The van der Waals surface area contributed by atoms with Gasteiger partial charge in [-0.05, 0) is 12.1 Å². The summed E-state index contributed by atoms with van der Waals surface area (Å²) in [5.74, 6) is 0.322. The van der Waals surface area contributed by atoms with Gasteiger partial charge in [0.25, 0.3) is 0 Å². The second-order valence-electron chi connectivity index (χ2n) is 1.34. The van der Waals surface area contributed by atoms with E-state index in [1.165, 1.54) is 0 Å². The van der Waals surface area contributed by atoms with Gasteiger partial charge in [-0.25, -0.2) is 0 Å². The summed E-state index contributed by atoms with van der Waals surface area (Å²) >= 11 is 0. The maximum atomic E-state index is 8.63. The van der Waals surface area contributed by atoms with E-state index in [0.29, 0.717) is 5.75 Å². The molecule has 1 rings (SSSR count). The van der Waals surface area contributed by atoms with Gasteiger partial charge in [0.05, 0.1) is 0 Å². The van der Waals surface area contributed by atoms with Gasteiger partial charge in [-0.2, -0.15) is 0 Å². The first-order chi connectivity index (χ1) is 9.39. The molecule has 1 N–H and O–H groups in total. The minimum absolute atomic E-state index is 0. The summed E-state index contributed by atoms with van der Waals surface area (Å²) in [6, 6.07) is 8.71. The molecule has 0 atom stereocenters. The van der Waals surface area contributed by atoms with E-state index in [4.69, 9.17) is 74.8 Å². The normalized spacial score (nSPS) is 3.70. The van der Waals surface area contributed by atoms with E-state index in [1.807, 2.05) is 6.07 Å². The zero-order valence-corrected chi connectivity index (χ0v) is 10.9. The van der Waals surface area contributed by atoms with Gasteiger partial charge in [-0.3, -0.25) is 0 Å². The fourth-order valence-corrected chi connectivity index (χ4v) is 0.428. The second-order valence-corrected chi connectivity index (χ2v) is 1.34. The topological polar surface area (TPSA) is 179 Å². The number of phenolic OH excluding ortho intramolecular Hbond substituents is 1. The Labute approximate surface area is 128 Å². The van der Waals surface area contributed by atoms with Gasteiger partial charge in [0.15, 0.2) is 0 Å². The summed E-state index contributed by atoms with van der Waals surface area (Å²) in [5, 5.41) is 39.9. The Morgan fingerprint density at radius 2 is 0.900 bits per heavy atom. The van der Waals surface area contributed by atoms with Crippen LogP contribution in [0, 0.1) is 64.1 Å². The Hall–Kier alpha value is -3.41. The van der Waals surface area contributed by atoms with Crippen molar-refractivity contribution in [2.45, 2.75) is 0 Å². The third-order valence-corrected chi connectivity index (χ3v) is 0.756. The van der Waals surface area contributed by atoms with Crippen molar-refractivity contribution < 1.29 is 22.2 Å². The predicted octanol–water partition coefficient (Wildman–Crippen LogP) is 2.19. The summed E-state index contributed by atoms with van der Waals surface area (Å²) in [4.78, 5) is 7.25. The van der Waals surface area contributed by atoms with Crippen LogP contribution in [-0.4, -0.2) is 5.11 Å². The maximum absolute atomic E-state index is 8.63. The van der Waals surface area contributed by atoms with Gasteiger partial charge in [-0.1, -0.05) is 18.2 Å². The molecule has 9 heteroatoms. The molecule has 0 aliphatic carbocycles. The number of phenols is 1. The Kier molecular flexibility index (Phi) is 345. The van der Waals surface area contributed by atoms with Gasteiger partial charge in [0.2, 0.25) is 0 Å². The first-order valence-electron chi connectivity index (χ1n) is 3.43. The summed E-state index contributed by atoms with van der Waals surface area (Å²) in [6.07, 6.45) is 0. The van der Waals surface area contributed by atoms with E-state index >= 15 is 0 Å². The van der Waals surface area contributed by atoms with Gasteiger partial charge in [0.1, 0.15) is 5.75 Å². The van der Waals surface area contributed by atoms with Crippen LogP contribution in [0.1, 0.15) is 0 Å². The minimum atomic E-state index is 0. The van der Waals surface area contributed by atoms with Crippen molar-refractivity contribution in [1.29, 1.82) is 26.3 Å². The average molecular weight is 310 g/mol. The molecule has 0 fully saturated rings. The third-order valence-electron chi connectivity index (χ3n) is 0.756. The molecule has 0 saturated heterocycles. The van der Waals surface area contributed by atoms with Crippen LogP contribution in [-0.2, 0) is 17.1 Å². The smallest absolute Gasteiger partial charge is 0.577 e. The molecule has 0 spiro atoms. The summed E-state index contributed by atoms with van der Waals surface area (Å²) in [6.45, 7) is 23.8. The minimum Gasteiger partial charge on any atom is -0.577 e. The molecule has 0 aromatic heterocycles. The van der Waals surface area contributed by atoms with Crippen molar-refractivity contribution in [3.63, 3.8) is 0 Å². The van der Waals surface area contributed by atoms with Crippen LogP contribution in [0.25, 0.3) is 5.59 Å². The SMILES string of the molecule is Oc1ccccc1.[C-]#N.[C-]#N.[C-]#N.[C-]#N.[C-]#N.[Fe+4].[N-]=O. The molecule has 0 aliphatic heterocycles. The number of hydrogen-bond acceptors (Lipinski definition) is 7. The van der Waals surface area contributed by atoms with Crippen LogP contribution in [0.5, 0.6) is 5.75 Å². The van der Waals surface area contributed by atoms with Gasteiger partial charge in [-0.15, -0.1) is 0 Å². The van der Waals surface area contributed by atoms with Crippen LogP contribution in [0.15, 0.2) is 30.3 Å². The molecular weight excluding hydrogens is 304 g/mol. The Morgan fingerprint density at radius 1 is 0.700 bits per heavy atom. The van der Waals surface area contributed by atoms with Crippen LogP contribution in [0.4, 0.5) is 0 Å².